The molecule has 1 fully saturated rings. The molecule has 1 aliphatic heterocycles. The summed E-state index contributed by atoms with van der Waals surface area (Å²) in [6, 6.07) is 0. The molecule has 6 nitrogen and oxygen atoms in total. The lowest BCUT2D eigenvalue weighted by Crippen LogP contribution is -2.35. The van der Waals surface area contributed by atoms with Crippen LogP contribution in [0.1, 0.15) is 30.5 Å². The molecule has 0 aromatic carbocycles. The van der Waals surface area contributed by atoms with E-state index in [0.29, 0.717) is 10.4 Å². The van der Waals surface area contributed by atoms with Gasteiger partial charge in [-0.05, 0) is 54.2 Å². The number of piperidine rings is 1. The van der Waals surface area contributed by atoms with Crippen LogP contribution in [0.2, 0.25) is 0 Å². The molecule has 0 radical (unpaired) electrons. The molecule has 2 aromatic rings. The molecule has 0 bridgehead atoms. The maximum absolute atomic E-state index is 11.9. The first-order valence-corrected chi connectivity index (χ1v) is 10.4. The first kappa shape index (κ1) is 18.5. The minimum absolute atomic E-state index is 0.116. The van der Waals surface area contributed by atoms with Crippen LogP contribution in [-0.4, -0.2) is 39.3 Å². The molecule has 0 amide bonds. The van der Waals surface area contributed by atoms with E-state index in [1.54, 1.807) is 24.6 Å². The molecular formula is C17H24BrN5OS. The van der Waals surface area contributed by atoms with Crippen molar-refractivity contribution in [1.82, 2.24) is 19.7 Å². The molecule has 0 aliphatic carbocycles. The van der Waals surface area contributed by atoms with Crippen LogP contribution in [0.5, 0.6) is 0 Å². The molecule has 0 saturated carbocycles. The number of halogens is 1. The summed E-state index contributed by atoms with van der Waals surface area (Å²) >= 11 is 5.12. The van der Waals surface area contributed by atoms with E-state index in [-0.39, 0.29) is 5.56 Å². The number of hydrogen-bond donors (Lipinski definition) is 1. The third-order valence-corrected chi connectivity index (χ3v) is 6.46. The van der Waals surface area contributed by atoms with Gasteiger partial charge in [-0.3, -0.25) is 9.69 Å². The fourth-order valence-electron chi connectivity index (χ4n) is 3.05. The van der Waals surface area contributed by atoms with E-state index in [9.17, 15) is 4.79 Å². The van der Waals surface area contributed by atoms with Crippen LogP contribution < -0.4 is 10.9 Å². The Morgan fingerprint density at radius 1 is 1.40 bits per heavy atom. The monoisotopic (exact) mass is 425 g/mol. The van der Waals surface area contributed by atoms with Gasteiger partial charge in [0.15, 0.2) is 0 Å². The zero-order valence-electron chi connectivity index (χ0n) is 14.7. The van der Waals surface area contributed by atoms with E-state index >= 15 is 0 Å². The van der Waals surface area contributed by atoms with Gasteiger partial charge < -0.3 is 5.32 Å². The first-order valence-electron chi connectivity index (χ1n) is 8.68. The highest BCUT2D eigenvalue weighted by molar-refractivity contribution is 9.10. The molecule has 1 aliphatic rings. The SMILES string of the molecule is CCc1nc(CN2CCC(CNc3cnn(C)c(=O)c3Br)CC2)cs1. The van der Waals surface area contributed by atoms with Gasteiger partial charge in [0.05, 0.1) is 22.6 Å². The largest absolute Gasteiger partial charge is 0.382 e. The van der Waals surface area contributed by atoms with Crippen LogP contribution in [-0.2, 0) is 20.0 Å². The molecule has 3 heterocycles. The van der Waals surface area contributed by atoms with Gasteiger partial charge in [0, 0.05) is 25.5 Å². The van der Waals surface area contributed by atoms with Crippen LogP contribution in [0.25, 0.3) is 0 Å². The van der Waals surface area contributed by atoms with Crippen molar-refractivity contribution in [2.75, 3.05) is 25.0 Å². The topological polar surface area (TPSA) is 63.1 Å². The average molecular weight is 426 g/mol. The smallest absolute Gasteiger partial charge is 0.282 e. The zero-order chi connectivity index (χ0) is 17.8. The lowest BCUT2D eigenvalue weighted by molar-refractivity contribution is 0.181. The van der Waals surface area contributed by atoms with Gasteiger partial charge in [-0.1, -0.05) is 6.92 Å². The van der Waals surface area contributed by atoms with Crippen molar-refractivity contribution in [1.29, 1.82) is 0 Å². The summed E-state index contributed by atoms with van der Waals surface area (Å²) in [7, 11) is 1.65. The summed E-state index contributed by atoms with van der Waals surface area (Å²) in [5.74, 6) is 0.619. The van der Waals surface area contributed by atoms with Crippen molar-refractivity contribution in [3.8, 4) is 0 Å². The lowest BCUT2D eigenvalue weighted by Gasteiger charge is -2.31. The van der Waals surface area contributed by atoms with Gasteiger partial charge >= 0.3 is 0 Å². The minimum Gasteiger partial charge on any atom is -0.382 e. The average Bonchev–Trinajstić information content (AvgIpc) is 3.08. The number of nitrogens with one attached hydrogen (secondary N) is 1. The molecule has 25 heavy (non-hydrogen) atoms. The van der Waals surface area contributed by atoms with E-state index in [0.717, 1.165) is 51.1 Å². The Balaban J connectivity index is 1.46. The second-order valence-electron chi connectivity index (χ2n) is 6.49. The predicted octanol–water partition coefficient (Wildman–Crippen LogP) is 2.89. The second kappa shape index (κ2) is 8.42. The first-order chi connectivity index (χ1) is 12.1. The molecule has 136 valence electrons. The Hall–Kier alpha value is -1.25. The highest BCUT2D eigenvalue weighted by atomic mass is 79.9. The summed E-state index contributed by atoms with van der Waals surface area (Å²) in [5.41, 5.74) is 1.86. The standard InChI is InChI=1S/C17H24BrN5OS/c1-3-15-21-13(11-25-15)10-23-6-4-12(5-7-23)8-19-14-9-20-22(2)17(24)16(14)18/h9,11-12,19H,3-8,10H2,1-2H3. The van der Waals surface area contributed by atoms with Crippen LogP contribution in [0.3, 0.4) is 0 Å². The molecular weight excluding hydrogens is 402 g/mol. The highest BCUT2D eigenvalue weighted by Gasteiger charge is 2.20. The van der Waals surface area contributed by atoms with Crippen LogP contribution in [0, 0.1) is 5.92 Å². The molecule has 2 aromatic heterocycles. The van der Waals surface area contributed by atoms with Gasteiger partial charge in [-0.15, -0.1) is 11.3 Å². The van der Waals surface area contributed by atoms with Crippen molar-refractivity contribution in [3.63, 3.8) is 0 Å². The number of hydrogen-bond acceptors (Lipinski definition) is 6. The number of aryl methyl sites for hydroxylation is 2. The summed E-state index contributed by atoms with van der Waals surface area (Å²) in [5, 5.41) is 10.9. The van der Waals surface area contributed by atoms with E-state index < -0.39 is 0 Å². The molecule has 0 spiro atoms. The van der Waals surface area contributed by atoms with Gasteiger partial charge in [0.1, 0.15) is 4.47 Å². The molecule has 1 N–H and O–H groups in total. The number of thiazole rings is 1. The maximum Gasteiger partial charge on any atom is 0.282 e. The van der Waals surface area contributed by atoms with Crippen molar-refractivity contribution in [2.45, 2.75) is 32.7 Å². The fraction of sp³-hybridized carbons (Fsp3) is 0.588. The van der Waals surface area contributed by atoms with Crippen molar-refractivity contribution in [3.05, 3.63) is 37.1 Å². The Labute approximate surface area is 160 Å². The zero-order valence-corrected chi connectivity index (χ0v) is 17.1. The van der Waals surface area contributed by atoms with E-state index in [1.165, 1.54) is 15.4 Å². The summed E-state index contributed by atoms with van der Waals surface area (Å²) in [6.07, 6.45) is 5.04. The minimum atomic E-state index is -0.116. The summed E-state index contributed by atoms with van der Waals surface area (Å²) in [4.78, 5) is 19.0. The molecule has 0 atom stereocenters. The molecule has 3 rings (SSSR count). The third kappa shape index (κ3) is 4.68. The summed E-state index contributed by atoms with van der Waals surface area (Å²) in [6.45, 7) is 6.18. The van der Waals surface area contributed by atoms with E-state index in [4.69, 9.17) is 0 Å². The Bertz CT molecular complexity index is 767. The predicted molar refractivity (Wildman–Crippen MR) is 105 cm³/mol. The fourth-order valence-corrected chi connectivity index (χ4v) is 4.29. The van der Waals surface area contributed by atoms with Gasteiger partial charge in [-0.25, -0.2) is 9.67 Å². The van der Waals surface area contributed by atoms with Crippen LogP contribution >= 0.6 is 27.3 Å². The van der Waals surface area contributed by atoms with Crippen molar-refractivity contribution < 1.29 is 0 Å². The van der Waals surface area contributed by atoms with Crippen LogP contribution in [0.4, 0.5) is 5.69 Å². The highest BCUT2D eigenvalue weighted by Crippen LogP contribution is 2.22. The normalized spacial score (nSPS) is 16.3. The molecule has 0 unspecified atom stereocenters. The van der Waals surface area contributed by atoms with Crippen molar-refractivity contribution >= 4 is 33.0 Å². The van der Waals surface area contributed by atoms with Gasteiger partial charge in [0.2, 0.25) is 0 Å². The number of nitrogens with zero attached hydrogens (tertiary/aromatic N) is 4. The van der Waals surface area contributed by atoms with E-state index in [1.807, 2.05) is 0 Å². The van der Waals surface area contributed by atoms with Gasteiger partial charge in [0.25, 0.3) is 5.56 Å². The Kier molecular flexibility index (Phi) is 6.24. The number of rotatable bonds is 6. The lowest BCUT2D eigenvalue weighted by atomic mass is 9.96. The molecule has 8 heteroatoms. The van der Waals surface area contributed by atoms with Gasteiger partial charge in [-0.2, -0.15) is 5.10 Å². The van der Waals surface area contributed by atoms with Crippen molar-refractivity contribution in [2.24, 2.45) is 13.0 Å². The third-order valence-electron chi connectivity index (χ3n) is 4.65. The maximum atomic E-state index is 11.9. The summed E-state index contributed by atoms with van der Waals surface area (Å²) < 4.78 is 1.88. The van der Waals surface area contributed by atoms with Crippen LogP contribution in [0.15, 0.2) is 20.8 Å². The number of likely N-dealkylation sites (tertiary alicyclic amines) is 1. The Morgan fingerprint density at radius 2 is 2.16 bits per heavy atom. The second-order valence-corrected chi connectivity index (χ2v) is 8.22. The number of aromatic nitrogens is 3. The van der Waals surface area contributed by atoms with E-state index in [2.05, 4.69) is 48.5 Å². The quantitative estimate of drug-likeness (QED) is 0.770. The number of anilines is 1. The Morgan fingerprint density at radius 3 is 2.84 bits per heavy atom. The molecule has 1 saturated heterocycles.